The summed E-state index contributed by atoms with van der Waals surface area (Å²) in [6.45, 7) is 0. The van der Waals surface area contributed by atoms with E-state index in [0.717, 1.165) is 23.9 Å². The maximum absolute atomic E-state index is 13.9. The van der Waals surface area contributed by atoms with Gasteiger partial charge in [0.1, 0.15) is 17.5 Å². The number of carbonyl (C=O) groups is 2. The lowest BCUT2D eigenvalue weighted by Crippen LogP contribution is -2.12. The molecule has 0 unspecified atom stereocenters. The molecule has 0 radical (unpaired) electrons. The van der Waals surface area contributed by atoms with Crippen molar-refractivity contribution >= 4 is 29.1 Å². The number of hydrogen-bond donors (Lipinski definition) is 1. The summed E-state index contributed by atoms with van der Waals surface area (Å²) in [6, 6.07) is 5.12. The Morgan fingerprint density at radius 2 is 1.62 bits per heavy atom. The van der Waals surface area contributed by atoms with E-state index in [1.54, 1.807) is 0 Å². The van der Waals surface area contributed by atoms with Gasteiger partial charge in [0.05, 0.1) is 16.1 Å². The van der Waals surface area contributed by atoms with Gasteiger partial charge >= 0.3 is 0 Å². The van der Waals surface area contributed by atoms with Crippen LogP contribution in [-0.2, 0) is 4.79 Å². The van der Waals surface area contributed by atoms with Crippen molar-refractivity contribution in [3.05, 3.63) is 53.3 Å². The van der Waals surface area contributed by atoms with E-state index in [9.17, 15) is 22.8 Å². The highest BCUT2D eigenvalue weighted by atomic mass is 32.2. The Balaban J connectivity index is 1.99. The maximum atomic E-state index is 13.9. The Hall–Kier alpha value is -2.28. The van der Waals surface area contributed by atoms with Gasteiger partial charge in [-0.25, -0.2) is 13.2 Å². The molecule has 3 rings (SSSR count). The maximum Gasteiger partial charge on any atom is 0.296 e. The molecule has 1 heterocycles. The largest absolute Gasteiger partial charge is 0.318 e. The van der Waals surface area contributed by atoms with Crippen molar-refractivity contribution in [3.63, 3.8) is 0 Å². The van der Waals surface area contributed by atoms with E-state index in [-0.39, 0.29) is 21.0 Å². The standard InChI is InChI=1S/C14H6F3NO2S/c15-6-1-2-11(8(16)3-6)21-12-5-10-7(4-9(12)17)13(19)14(20)18-10/h1-5H,(H,18,19,20). The van der Waals surface area contributed by atoms with Crippen LogP contribution in [0, 0.1) is 17.5 Å². The van der Waals surface area contributed by atoms with Crippen LogP contribution in [0.3, 0.4) is 0 Å². The number of carbonyl (C=O) groups excluding carboxylic acids is 2. The Bertz CT molecular complexity index is 792. The highest BCUT2D eigenvalue weighted by Crippen LogP contribution is 2.36. The lowest BCUT2D eigenvalue weighted by Gasteiger charge is -2.06. The summed E-state index contributed by atoms with van der Waals surface area (Å²) in [5.74, 6) is -3.95. The topological polar surface area (TPSA) is 46.2 Å². The molecule has 106 valence electrons. The van der Waals surface area contributed by atoms with Crippen molar-refractivity contribution in [2.45, 2.75) is 9.79 Å². The fourth-order valence-electron chi connectivity index (χ4n) is 1.90. The van der Waals surface area contributed by atoms with Crippen molar-refractivity contribution in [1.82, 2.24) is 0 Å². The van der Waals surface area contributed by atoms with E-state index < -0.39 is 29.1 Å². The van der Waals surface area contributed by atoms with Gasteiger partial charge in [-0.15, -0.1) is 0 Å². The first-order chi connectivity index (χ1) is 9.95. The number of nitrogens with one attached hydrogen (secondary N) is 1. The molecule has 2 aromatic carbocycles. The van der Waals surface area contributed by atoms with E-state index in [1.807, 2.05) is 0 Å². The van der Waals surface area contributed by atoms with Gasteiger partial charge in [-0.3, -0.25) is 9.59 Å². The van der Waals surface area contributed by atoms with Crippen LogP contribution in [0.5, 0.6) is 0 Å². The minimum absolute atomic E-state index is 0.0225. The van der Waals surface area contributed by atoms with E-state index in [4.69, 9.17) is 0 Å². The molecule has 0 aliphatic carbocycles. The molecule has 21 heavy (non-hydrogen) atoms. The number of hydrogen-bond acceptors (Lipinski definition) is 3. The van der Waals surface area contributed by atoms with Crippen LogP contribution < -0.4 is 5.32 Å². The fraction of sp³-hybridized carbons (Fsp3) is 0. The van der Waals surface area contributed by atoms with Crippen LogP contribution in [0.1, 0.15) is 10.4 Å². The molecular weight excluding hydrogens is 303 g/mol. The number of ketones is 1. The number of halogens is 3. The van der Waals surface area contributed by atoms with Crippen molar-refractivity contribution in [2.75, 3.05) is 5.32 Å². The molecule has 0 atom stereocenters. The number of Topliss-reactive ketones (excluding diaryl/α,β-unsaturated/α-hetero) is 1. The zero-order chi connectivity index (χ0) is 15.1. The second-order valence-corrected chi connectivity index (χ2v) is 5.37. The predicted octanol–water partition coefficient (Wildman–Crippen LogP) is 3.39. The first-order valence-corrected chi connectivity index (χ1v) is 6.59. The molecule has 0 saturated heterocycles. The first kappa shape index (κ1) is 13.7. The molecule has 0 aromatic heterocycles. The number of benzene rings is 2. The molecule has 2 aromatic rings. The minimum Gasteiger partial charge on any atom is -0.318 e. The van der Waals surface area contributed by atoms with Gasteiger partial charge in [0.2, 0.25) is 0 Å². The molecule has 0 bridgehead atoms. The summed E-state index contributed by atoms with van der Waals surface area (Å²) >= 11 is 0.739. The van der Waals surface area contributed by atoms with Crippen LogP contribution in [0.2, 0.25) is 0 Å². The van der Waals surface area contributed by atoms with Crippen LogP contribution in [-0.4, -0.2) is 11.7 Å². The molecule has 0 saturated carbocycles. The normalized spacial score (nSPS) is 13.3. The van der Waals surface area contributed by atoms with Gasteiger partial charge < -0.3 is 5.32 Å². The molecule has 1 aliphatic heterocycles. The minimum atomic E-state index is -0.834. The van der Waals surface area contributed by atoms with Crippen LogP contribution in [0.25, 0.3) is 0 Å². The van der Waals surface area contributed by atoms with Crippen LogP contribution in [0.4, 0.5) is 18.9 Å². The number of amides is 1. The summed E-state index contributed by atoms with van der Waals surface area (Å²) in [4.78, 5) is 22.7. The first-order valence-electron chi connectivity index (χ1n) is 5.78. The molecule has 1 aliphatic rings. The third-order valence-corrected chi connectivity index (χ3v) is 3.97. The number of anilines is 1. The third kappa shape index (κ3) is 2.40. The molecule has 1 N–H and O–H groups in total. The van der Waals surface area contributed by atoms with E-state index in [0.29, 0.717) is 6.07 Å². The van der Waals surface area contributed by atoms with Crippen molar-refractivity contribution in [3.8, 4) is 0 Å². The van der Waals surface area contributed by atoms with Crippen molar-refractivity contribution in [1.29, 1.82) is 0 Å². The van der Waals surface area contributed by atoms with Gasteiger partial charge in [-0.2, -0.15) is 0 Å². The lowest BCUT2D eigenvalue weighted by atomic mass is 10.1. The van der Waals surface area contributed by atoms with Crippen LogP contribution >= 0.6 is 11.8 Å². The summed E-state index contributed by atoms with van der Waals surface area (Å²) in [5.41, 5.74) is 0.123. The molecule has 0 fully saturated rings. The Morgan fingerprint density at radius 3 is 2.33 bits per heavy atom. The highest BCUT2D eigenvalue weighted by molar-refractivity contribution is 7.99. The summed E-state index contributed by atoms with van der Waals surface area (Å²) in [7, 11) is 0. The monoisotopic (exact) mass is 309 g/mol. The zero-order valence-electron chi connectivity index (χ0n) is 10.2. The summed E-state index contributed by atoms with van der Waals surface area (Å²) in [6.07, 6.45) is 0. The van der Waals surface area contributed by atoms with Gasteiger partial charge in [-0.1, -0.05) is 11.8 Å². The van der Waals surface area contributed by atoms with Gasteiger partial charge in [0.25, 0.3) is 11.7 Å². The Kier molecular flexibility index (Phi) is 3.21. The van der Waals surface area contributed by atoms with Gasteiger partial charge in [-0.05, 0) is 24.3 Å². The Labute approximate surface area is 121 Å². The Morgan fingerprint density at radius 1 is 0.905 bits per heavy atom. The smallest absolute Gasteiger partial charge is 0.296 e. The summed E-state index contributed by atoms with van der Waals surface area (Å²) < 4.78 is 40.3. The van der Waals surface area contributed by atoms with Gasteiger partial charge in [0, 0.05) is 11.0 Å². The summed E-state index contributed by atoms with van der Waals surface area (Å²) in [5, 5.41) is 2.30. The quantitative estimate of drug-likeness (QED) is 0.865. The van der Waals surface area contributed by atoms with Crippen molar-refractivity contribution in [2.24, 2.45) is 0 Å². The lowest BCUT2D eigenvalue weighted by molar-refractivity contribution is -0.112. The van der Waals surface area contributed by atoms with E-state index in [1.165, 1.54) is 12.1 Å². The fourth-order valence-corrected chi connectivity index (χ4v) is 2.76. The van der Waals surface area contributed by atoms with Crippen LogP contribution in [0.15, 0.2) is 40.1 Å². The second-order valence-electron chi connectivity index (χ2n) is 4.29. The number of fused-ring (bicyclic) bond motifs is 1. The average molecular weight is 309 g/mol. The molecule has 3 nitrogen and oxygen atoms in total. The second kappa shape index (κ2) is 4.92. The molecule has 7 heteroatoms. The predicted molar refractivity (Wildman–Crippen MR) is 69.8 cm³/mol. The van der Waals surface area contributed by atoms with E-state index in [2.05, 4.69) is 5.32 Å². The highest BCUT2D eigenvalue weighted by Gasteiger charge is 2.29. The van der Waals surface area contributed by atoms with Crippen molar-refractivity contribution < 1.29 is 22.8 Å². The SMILES string of the molecule is O=C1Nc2cc(Sc3ccc(F)cc3F)c(F)cc2C1=O. The van der Waals surface area contributed by atoms with Gasteiger partial charge in [0.15, 0.2) is 0 Å². The molecular formula is C14H6F3NO2S. The third-order valence-electron chi connectivity index (χ3n) is 2.88. The van der Waals surface area contributed by atoms with E-state index >= 15 is 0 Å². The average Bonchev–Trinajstić information content (AvgIpc) is 2.69. The molecule has 1 amide bonds. The number of rotatable bonds is 2. The zero-order valence-corrected chi connectivity index (χ0v) is 11.1. The molecule has 0 spiro atoms.